The van der Waals surface area contributed by atoms with Gasteiger partial charge in [0, 0.05) is 31.1 Å². The van der Waals surface area contributed by atoms with Crippen molar-refractivity contribution < 1.29 is 13.2 Å². The minimum atomic E-state index is -3.52. The molecule has 0 aliphatic carbocycles. The van der Waals surface area contributed by atoms with Crippen molar-refractivity contribution in [3.63, 3.8) is 0 Å². The van der Waals surface area contributed by atoms with Crippen LogP contribution in [0.1, 0.15) is 24.3 Å². The predicted molar refractivity (Wildman–Crippen MR) is 77.9 cm³/mol. The van der Waals surface area contributed by atoms with Crippen molar-refractivity contribution in [3.05, 3.63) is 15.8 Å². The molecule has 0 saturated heterocycles. The smallest absolute Gasteiger partial charge is 0.244 e. The molecule has 0 radical (unpaired) electrons. The molecule has 7 heteroatoms. The van der Waals surface area contributed by atoms with Crippen molar-refractivity contribution in [2.24, 2.45) is 5.73 Å². The number of sulfonamides is 1. The normalized spacial score (nSPS) is 12.6. The number of hydrogen-bond acceptors (Lipinski definition) is 5. The molecule has 0 fully saturated rings. The Kier molecular flexibility index (Phi) is 5.94. The molecule has 0 aliphatic heterocycles. The monoisotopic (exact) mass is 306 g/mol. The predicted octanol–water partition coefficient (Wildman–Crippen LogP) is 1.56. The highest BCUT2D eigenvalue weighted by Gasteiger charge is 2.31. The van der Waals surface area contributed by atoms with Gasteiger partial charge in [0.1, 0.15) is 4.90 Å². The number of rotatable bonds is 7. The maximum atomic E-state index is 12.8. The van der Waals surface area contributed by atoms with Gasteiger partial charge in [0.2, 0.25) is 10.0 Å². The lowest BCUT2D eigenvalue weighted by Gasteiger charge is -2.26. The minimum absolute atomic E-state index is 0.120. The van der Waals surface area contributed by atoms with E-state index >= 15 is 0 Å². The summed E-state index contributed by atoms with van der Waals surface area (Å²) in [6.07, 6.45) is 0. The molecule has 0 bridgehead atoms. The first kappa shape index (κ1) is 16.6. The second-order valence-electron chi connectivity index (χ2n) is 4.58. The van der Waals surface area contributed by atoms with Crippen LogP contribution in [0.15, 0.2) is 10.3 Å². The first-order chi connectivity index (χ1) is 8.86. The molecule has 19 heavy (non-hydrogen) atoms. The largest absolute Gasteiger partial charge is 0.383 e. The second kappa shape index (κ2) is 6.81. The van der Waals surface area contributed by atoms with Gasteiger partial charge in [0.15, 0.2) is 0 Å². The molecule has 0 atom stereocenters. The number of nitrogens with two attached hydrogens (primary N) is 1. The molecule has 1 rings (SSSR count). The third-order valence-corrected chi connectivity index (χ3v) is 6.40. The fourth-order valence-electron chi connectivity index (χ4n) is 1.93. The Labute approximate surface area is 119 Å². The minimum Gasteiger partial charge on any atom is -0.383 e. The number of ether oxygens (including phenoxy) is 1. The summed E-state index contributed by atoms with van der Waals surface area (Å²) in [5.74, 6) is 0. The summed E-state index contributed by atoms with van der Waals surface area (Å²) in [5.41, 5.74) is 6.40. The SMILES string of the molecule is COCCN(C(C)C)S(=O)(=O)c1c(C)csc1CN. The zero-order chi connectivity index (χ0) is 14.6. The quantitative estimate of drug-likeness (QED) is 0.830. The zero-order valence-corrected chi connectivity index (χ0v) is 13.5. The van der Waals surface area contributed by atoms with Crippen LogP contribution in [0.3, 0.4) is 0 Å². The number of hydrogen-bond donors (Lipinski definition) is 1. The highest BCUT2D eigenvalue weighted by Crippen LogP contribution is 2.30. The van der Waals surface area contributed by atoms with E-state index in [0.29, 0.717) is 22.9 Å². The number of nitrogens with zero attached hydrogens (tertiary/aromatic N) is 1. The summed E-state index contributed by atoms with van der Waals surface area (Å²) in [4.78, 5) is 1.07. The number of aryl methyl sites for hydroxylation is 1. The summed E-state index contributed by atoms with van der Waals surface area (Å²) >= 11 is 1.39. The molecule has 0 unspecified atom stereocenters. The Morgan fingerprint density at radius 1 is 1.47 bits per heavy atom. The van der Waals surface area contributed by atoms with Gasteiger partial charge in [-0.25, -0.2) is 8.42 Å². The van der Waals surface area contributed by atoms with E-state index in [0.717, 1.165) is 5.56 Å². The molecule has 2 N–H and O–H groups in total. The van der Waals surface area contributed by atoms with Crippen molar-refractivity contribution in [1.82, 2.24) is 4.31 Å². The van der Waals surface area contributed by atoms with Crippen LogP contribution in [0, 0.1) is 6.92 Å². The lowest BCUT2D eigenvalue weighted by atomic mass is 10.3. The average Bonchev–Trinajstić information content (AvgIpc) is 2.70. The molecule has 1 aromatic heterocycles. The van der Waals surface area contributed by atoms with E-state index in [1.54, 1.807) is 14.0 Å². The fraction of sp³-hybridized carbons (Fsp3) is 0.667. The van der Waals surface area contributed by atoms with E-state index in [-0.39, 0.29) is 12.6 Å². The first-order valence-corrected chi connectivity index (χ1v) is 8.46. The van der Waals surface area contributed by atoms with Crippen LogP contribution in [-0.2, 0) is 21.3 Å². The van der Waals surface area contributed by atoms with Gasteiger partial charge in [-0.3, -0.25) is 0 Å². The maximum absolute atomic E-state index is 12.8. The van der Waals surface area contributed by atoms with Crippen LogP contribution in [0.5, 0.6) is 0 Å². The van der Waals surface area contributed by atoms with Gasteiger partial charge in [-0.1, -0.05) is 0 Å². The van der Waals surface area contributed by atoms with Gasteiger partial charge in [-0.05, 0) is 31.7 Å². The summed E-state index contributed by atoms with van der Waals surface area (Å²) in [6, 6.07) is -0.120. The lowest BCUT2D eigenvalue weighted by Crippen LogP contribution is -2.39. The molecule has 0 aromatic carbocycles. The van der Waals surface area contributed by atoms with Crippen molar-refractivity contribution >= 4 is 21.4 Å². The molecule has 0 aliphatic rings. The fourth-order valence-corrected chi connectivity index (χ4v) is 5.21. The molecule has 1 heterocycles. The van der Waals surface area contributed by atoms with E-state index in [1.807, 2.05) is 19.2 Å². The van der Waals surface area contributed by atoms with Crippen LogP contribution in [-0.4, -0.2) is 39.0 Å². The van der Waals surface area contributed by atoms with Crippen LogP contribution >= 0.6 is 11.3 Å². The maximum Gasteiger partial charge on any atom is 0.244 e. The van der Waals surface area contributed by atoms with Crippen molar-refractivity contribution in [2.45, 2.75) is 38.3 Å². The highest BCUT2D eigenvalue weighted by atomic mass is 32.2. The van der Waals surface area contributed by atoms with Crippen LogP contribution in [0.25, 0.3) is 0 Å². The molecule has 0 saturated carbocycles. The molecule has 0 amide bonds. The molecule has 1 aromatic rings. The van der Waals surface area contributed by atoms with Gasteiger partial charge in [0.25, 0.3) is 0 Å². The van der Waals surface area contributed by atoms with Crippen molar-refractivity contribution in [2.75, 3.05) is 20.3 Å². The Bertz CT molecular complexity index is 509. The van der Waals surface area contributed by atoms with Gasteiger partial charge in [-0.15, -0.1) is 11.3 Å². The Morgan fingerprint density at radius 3 is 2.58 bits per heavy atom. The van der Waals surface area contributed by atoms with Crippen LogP contribution in [0.4, 0.5) is 0 Å². The summed E-state index contributed by atoms with van der Waals surface area (Å²) in [7, 11) is -1.96. The van der Waals surface area contributed by atoms with E-state index in [1.165, 1.54) is 15.6 Å². The molecular formula is C12H22N2O3S2. The van der Waals surface area contributed by atoms with Gasteiger partial charge in [0.05, 0.1) is 6.61 Å². The summed E-state index contributed by atoms with van der Waals surface area (Å²) in [5, 5.41) is 1.84. The lowest BCUT2D eigenvalue weighted by molar-refractivity contribution is 0.171. The zero-order valence-electron chi connectivity index (χ0n) is 11.8. The van der Waals surface area contributed by atoms with Gasteiger partial charge >= 0.3 is 0 Å². The Balaban J connectivity index is 3.22. The number of methoxy groups -OCH3 is 1. The Hall–Kier alpha value is -0.470. The average molecular weight is 306 g/mol. The topological polar surface area (TPSA) is 72.6 Å². The van der Waals surface area contributed by atoms with E-state index in [9.17, 15) is 8.42 Å². The highest BCUT2D eigenvalue weighted by molar-refractivity contribution is 7.89. The summed E-state index contributed by atoms with van der Waals surface area (Å²) < 4.78 is 32.0. The third kappa shape index (κ3) is 3.55. The van der Waals surface area contributed by atoms with Crippen molar-refractivity contribution in [1.29, 1.82) is 0 Å². The van der Waals surface area contributed by atoms with E-state index in [4.69, 9.17) is 10.5 Å². The first-order valence-electron chi connectivity index (χ1n) is 6.14. The van der Waals surface area contributed by atoms with Crippen molar-refractivity contribution in [3.8, 4) is 0 Å². The van der Waals surface area contributed by atoms with Crippen LogP contribution in [0.2, 0.25) is 0 Å². The second-order valence-corrected chi connectivity index (χ2v) is 7.37. The van der Waals surface area contributed by atoms with Gasteiger partial charge < -0.3 is 10.5 Å². The number of thiophene rings is 1. The summed E-state index contributed by atoms with van der Waals surface area (Å²) in [6.45, 7) is 6.48. The molecule has 0 spiro atoms. The van der Waals surface area contributed by atoms with E-state index in [2.05, 4.69) is 0 Å². The molecule has 5 nitrogen and oxygen atoms in total. The van der Waals surface area contributed by atoms with Gasteiger partial charge in [-0.2, -0.15) is 4.31 Å². The standard InChI is InChI=1S/C12H22N2O3S2/c1-9(2)14(5-6-17-4)19(15,16)12-10(3)8-18-11(12)7-13/h8-9H,5-7,13H2,1-4H3. The molecular weight excluding hydrogens is 284 g/mol. The third-order valence-electron chi connectivity index (χ3n) is 2.83. The van der Waals surface area contributed by atoms with E-state index < -0.39 is 10.0 Å². The Morgan fingerprint density at radius 2 is 2.11 bits per heavy atom. The van der Waals surface area contributed by atoms with Crippen LogP contribution < -0.4 is 5.73 Å². The molecule has 110 valence electrons.